The Morgan fingerprint density at radius 2 is 2.18 bits per heavy atom. The summed E-state index contributed by atoms with van der Waals surface area (Å²) in [4.78, 5) is 13.4. The van der Waals surface area contributed by atoms with Gasteiger partial charge in [-0.25, -0.2) is 0 Å². The van der Waals surface area contributed by atoms with Crippen LogP contribution in [-0.2, 0) is 28.1 Å². The van der Waals surface area contributed by atoms with Crippen LogP contribution in [0.3, 0.4) is 0 Å². The number of rotatable bonds is 10. The fourth-order valence-corrected chi connectivity index (χ4v) is 5.13. The topological polar surface area (TPSA) is 113 Å². The molecule has 3 aliphatic heterocycles. The number of nitrogens with two attached hydrogens (primary N) is 1. The van der Waals surface area contributed by atoms with Crippen molar-refractivity contribution < 1.29 is 33.2 Å². The molecular formula is C23H30ClN2O7P. The number of aliphatic hydroxyl groups excluding tert-OH is 1. The summed E-state index contributed by atoms with van der Waals surface area (Å²) in [5.41, 5.74) is 6.83. The zero-order chi connectivity index (χ0) is 24.3. The molecule has 3 heterocycles. The Hall–Kier alpha value is -1.55. The molecule has 34 heavy (non-hydrogen) atoms. The molecule has 0 aromatic heterocycles. The van der Waals surface area contributed by atoms with E-state index in [-0.39, 0.29) is 40.6 Å². The van der Waals surface area contributed by atoms with Gasteiger partial charge in [0.1, 0.15) is 18.3 Å². The van der Waals surface area contributed by atoms with E-state index in [2.05, 4.69) is 0 Å². The number of allylic oxidation sites excluding steroid dienone is 1. The van der Waals surface area contributed by atoms with E-state index < -0.39 is 24.0 Å². The molecule has 0 bridgehead atoms. The lowest BCUT2D eigenvalue weighted by Gasteiger charge is -2.31. The Bertz CT molecular complexity index is 944. The minimum Gasteiger partial charge on any atom is -0.396 e. The molecule has 0 spiro atoms. The smallest absolute Gasteiger partial charge is 0.246 e. The molecule has 2 saturated heterocycles. The van der Waals surface area contributed by atoms with Crippen LogP contribution >= 0.6 is 20.6 Å². The van der Waals surface area contributed by atoms with E-state index in [1.807, 2.05) is 44.3 Å². The molecule has 0 radical (unpaired) electrons. The number of ether oxygens (including phenoxy) is 3. The highest BCUT2D eigenvalue weighted by Gasteiger charge is 2.56. The summed E-state index contributed by atoms with van der Waals surface area (Å²) in [5.74, 6) is -1.24. The first-order chi connectivity index (χ1) is 16.3. The van der Waals surface area contributed by atoms with Gasteiger partial charge in [-0.3, -0.25) is 4.79 Å². The first-order valence-electron chi connectivity index (χ1n) is 11.1. The molecule has 0 saturated carbocycles. The quantitative estimate of drug-likeness (QED) is 0.363. The minimum absolute atomic E-state index is 0.0246. The van der Waals surface area contributed by atoms with Crippen molar-refractivity contribution in [2.24, 2.45) is 5.73 Å². The monoisotopic (exact) mass is 512 g/mol. The number of carbonyl (C=O) groups is 1. The van der Waals surface area contributed by atoms with Crippen molar-refractivity contribution >= 4 is 26.5 Å². The third-order valence-electron chi connectivity index (χ3n) is 5.76. The zero-order valence-corrected chi connectivity index (χ0v) is 20.8. The maximum absolute atomic E-state index is 11.6. The number of aliphatic hydroxyl groups is 1. The van der Waals surface area contributed by atoms with Gasteiger partial charge in [-0.05, 0) is 38.0 Å². The second-order valence-electron chi connectivity index (χ2n) is 8.75. The molecular weight excluding hydrogens is 483 g/mol. The number of benzene rings is 1. The number of hydrogen-bond donors (Lipinski definition) is 2. The highest BCUT2D eigenvalue weighted by atomic mass is 35.5. The van der Waals surface area contributed by atoms with Crippen molar-refractivity contribution in [3.8, 4) is 0 Å². The van der Waals surface area contributed by atoms with Gasteiger partial charge < -0.3 is 39.0 Å². The van der Waals surface area contributed by atoms with E-state index in [4.69, 9.17) is 40.6 Å². The maximum Gasteiger partial charge on any atom is 0.246 e. The predicted octanol–water partition coefficient (Wildman–Crippen LogP) is 3.14. The molecule has 4 rings (SSSR count). The van der Waals surface area contributed by atoms with Gasteiger partial charge in [-0.1, -0.05) is 29.8 Å². The number of fused-ring (bicyclic) bond motifs is 1. The Balaban J connectivity index is 1.37. The summed E-state index contributed by atoms with van der Waals surface area (Å²) < 4.78 is 30.2. The van der Waals surface area contributed by atoms with Gasteiger partial charge in [-0.2, -0.15) is 0 Å². The number of amides is 1. The van der Waals surface area contributed by atoms with E-state index in [9.17, 15) is 9.90 Å². The highest BCUT2D eigenvalue weighted by molar-refractivity contribution is 7.26. The van der Waals surface area contributed by atoms with Crippen LogP contribution in [0.15, 0.2) is 48.3 Å². The molecule has 1 aromatic carbocycles. The van der Waals surface area contributed by atoms with Crippen LogP contribution in [0.5, 0.6) is 0 Å². The molecule has 9 nitrogen and oxygen atoms in total. The predicted molar refractivity (Wildman–Crippen MR) is 127 cm³/mol. The van der Waals surface area contributed by atoms with Gasteiger partial charge in [0.05, 0.1) is 12.7 Å². The van der Waals surface area contributed by atoms with Crippen molar-refractivity contribution in [1.82, 2.24) is 4.90 Å². The molecule has 3 N–H and O–H groups in total. The fraction of sp³-hybridized carbons (Fsp3) is 0.522. The Morgan fingerprint density at radius 3 is 2.91 bits per heavy atom. The highest BCUT2D eigenvalue weighted by Crippen LogP contribution is 2.41. The third-order valence-corrected chi connectivity index (χ3v) is 6.66. The van der Waals surface area contributed by atoms with Crippen molar-refractivity contribution in [3.05, 3.63) is 58.9 Å². The lowest BCUT2D eigenvalue weighted by molar-refractivity contribution is -0.201. The average molecular weight is 513 g/mol. The maximum atomic E-state index is 11.6. The van der Waals surface area contributed by atoms with Crippen molar-refractivity contribution in [3.63, 3.8) is 0 Å². The van der Waals surface area contributed by atoms with Crippen molar-refractivity contribution in [2.75, 3.05) is 13.2 Å². The van der Waals surface area contributed by atoms with Crippen molar-refractivity contribution in [1.29, 1.82) is 0 Å². The van der Waals surface area contributed by atoms with Crippen LogP contribution < -0.4 is 5.73 Å². The molecule has 11 heteroatoms. The van der Waals surface area contributed by atoms with Gasteiger partial charge in [0.15, 0.2) is 21.0 Å². The van der Waals surface area contributed by atoms with Crippen LogP contribution in [0, 0.1) is 0 Å². The molecule has 186 valence electrons. The Morgan fingerprint density at radius 1 is 1.38 bits per heavy atom. The summed E-state index contributed by atoms with van der Waals surface area (Å²) >= 11 is 6.09. The molecule has 1 amide bonds. The standard InChI is InChI=1S/C23H30ClN2O7P/c1-23(2)31-19-18(13-29-34-33-17(8-10-27)14-5-3-7-16(24)11-14)30-22(20(19)32-23)26-9-4-6-15(12-26)21(25)28/h3-5,7,9,11-12,17-20,22,27,34H,6,8,10,13H2,1-2H3,(H2,25,28)/t17?,18?,19-,20-,22-/m1/s1. The van der Waals surface area contributed by atoms with Crippen molar-refractivity contribution in [2.45, 2.75) is 63.1 Å². The lowest BCUT2D eigenvalue weighted by Crippen LogP contribution is -2.40. The SMILES string of the molecule is CC1(C)O[C@@H]2[C@H](O1)C(COPOC(CCO)c1cccc(Cl)c1)O[C@H]2N1C=CCC(C(N)=O)=C1. The average Bonchev–Trinajstić information content (AvgIpc) is 3.29. The molecule has 0 aliphatic carbocycles. The lowest BCUT2D eigenvalue weighted by atomic mass is 10.1. The molecule has 1 aromatic rings. The number of nitrogens with zero attached hydrogens (tertiary/aromatic N) is 1. The van der Waals surface area contributed by atoms with E-state index >= 15 is 0 Å². The summed E-state index contributed by atoms with van der Waals surface area (Å²) in [6.07, 6.45) is 4.32. The first kappa shape index (κ1) is 25.5. The van der Waals surface area contributed by atoms with Crippen LogP contribution in [0.25, 0.3) is 0 Å². The van der Waals surface area contributed by atoms with Crippen LogP contribution in [0.1, 0.15) is 38.4 Å². The molecule has 2 fully saturated rings. The third kappa shape index (κ3) is 5.98. The minimum atomic E-state index is -0.775. The van der Waals surface area contributed by atoms with Crippen LogP contribution in [0.4, 0.5) is 0 Å². The van der Waals surface area contributed by atoms with E-state index in [0.717, 1.165) is 5.56 Å². The number of hydrogen-bond acceptors (Lipinski definition) is 8. The van der Waals surface area contributed by atoms with Gasteiger partial charge in [0.2, 0.25) is 5.91 Å². The molecule has 6 atom stereocenters. The zero-order valence-electron chi connectivity index (χ0n) is 19.1. The largest absolute Gasteiger partial charge is 0.396 e. The van der Waals surface area contributed by atoms with Crippen LogP contribution in [-0.4, -0.2) is 59.5 Å². The Labute approximate surface area is 205 Å². The number of primary amides is 1. The fourth-order valence-electron chi connectivity index (χ4n) is 4.26. The van der Waals surface area contributed by atoms with Gasteiger partial charge in [-0.15, -0.1) is 0 Å². The Kier molecular flexibility index (Phi) is 8.28. The summed E-state index contributed by atoms with van der Waals surface area (Å²) in [6, 6.07) is 7.34. The number of halogens is 1. The normalized spacial score (nSPS) is 28.9. The summed E-state index contributed by atoms with van der Waals surface area (Å²) in [5, 5.41) is 10.0. The summed E-state index contributed by atoms with van der Waals surface area (Å²) in [7, 11) is -0.279. The van der Waals surface area contributed by atoms with E-state index in [1.54, 1.807) is 17.2 Å². The number of carbonyl (C=O) groups excluding carboxylic acids is 1. The molecule has 3 unspecified atom stereocenters. The van der Waals surface area contributed by atoms with Gasteiger partial charge in [0, 0.05) is 36.0 Å². The first-order valence-corrected chi connectivity index (χ1v) is 12.3. The van der Waals surface area contributed by atoms with E-state index in [1.165, 1.54) is 0 Å². The summed E-state index contributed by atoms with van der Waals surface area (Å²) in [6.45, 7) is 3.91. The van der Waals surface area contributed by atoms with E-state index in [0.29, 0.717) is 23.4 Å². The van der Waals surface area contributed by atoms with Gasteiger partial charge in [0.25, 0.3) is 0 Å². The van der Waals surface area contributed by atoms with Crippen LogP contribution in [0.2, 0.25) is 5.02 Å². The second kappa shape index (κ2) is 11.0. The van der Waals surface area contributed by atoms with Gasteiger partial charge >= 0.3 is 0 Å². The molecule has 3 aliphatic rings. The second-order valence-corrected chi connectivity index (χ2v) is 9.88.